The maximum atomic E-state index is 9.00. The Bertz CT molecular complexity index is 234. The molecule has 1 N–H and O–H groups in total. The number of aryl methyl sites for hydroxylation is 2. The third-order valence-corrected chi connectivity index (χ3v) is 1.43. The van der Waals surface area contributed by atoms with Gasteiger partial charge < -0.3 is 5.11 Å². The Balaban J connectivity index is 0. The second kappa shape index (κ2) is 7.68. The normalized spacial score (nSPS) is 7.62. The fourth-order valence-electron chi connectivity index (χ4n) is 0.663. The van der Waals surface area contributed by atoms with Crippen molar-refractivity contribution >= 4 is 19.5 Å². The first-order chi connectivity index (χ1) is 5.54. The highest BCUT2D eigenvalue weighted by molar-refractivity contribution is 7.59. The molecule has 0 atom stereocenters. The number of hydrogen-bond donors (Lipinski definition) is 1. The summed E-state index contributed by atoms with van der Waals surface area (Å²) >= 11 is 0. The largest absolute Gasteiger partial charge is 0.481 e. The second-order valence-corrected chi connectivity index (χ2v) is 2.60. The van der Waals surface area contributed by atoms with Crippen molar-refractivity contribution in [1.82, 2.24) is 0 Å². The van der Waals surface area contributed by atoms with Crippen LogP contribution in [0.25, 0.3) is 0 Å². The molecule has 0 saturated carbocycles. The molecule has 0 aliphatic rings. The molecule has 3 heteroatoms. The molecular formula is C10H16O2S. The van der Waals surface area contributed by atoms with Gasteiger partial charge in [-0.15, -0.1) is 0 Å². The van der Waals surface area contributed by atoms with Crippen molar-refractivity contribution in [2.75, 3.05) is 0 Å². The second-order valence-electron chi connectivity index (χ2n) is 2.60. The highest BCUT2D eigenvalue weighted by atomic mass is 32.1. The highest BCUT2D eigenvalue weighted by Crippen LogP contribution is 2.02. The Morgan fingerprint density at radius 1 is 1.15 bits per heavy atom. The van der Waals surface area contributed by atoms with E-state index in [-0.39, 0.29) is 13.5 Å². The van der Waals surface area contributed by atoms with E-state index in [4.69, 9.17) is 9.90 Å². The van der Waals surface area contributed by atoms with E-state index >= 15 is 0 Å². The summed E-state index contributed by atoms with van der Waals surface area (Å²) in [5, 5.41) is 7.42. The number of rotatable bonds is 0. The molecule has 0 spiro atoms. The fourth-order valence-corrected chi connectivity index (χ4v) is 0.663. The van der Waals surface area contributed by atoms with Gasteiger partial charge >= 0.3 is 0 Å². The molecule has 0 heterocycles. The monoisotopic (exact) mass is 200 g/mol. The predicted molar refractivity (Wildman–Crippen MR) is 59.6 cm³/mol. The van der Waals surface area contributed by atoms with Gasteiger partial charge in [0.15, 0.2) is 0 Å². The molecule has 0 aliphatic heterocycles. The molecule has 0 fully saturated rings. The molecular weight excluding hydrogens is 184 g/mol. The molecule has 0 bridgehead atoms. The van der Waals surface area contributed by atoms with Gasteiger partial charge in [0, 0.05) is 6.92 Å². The third-order valence-electron chi connectivity index (χ3n) is 1.43. The number of hydrogen-bond acceptors (Lipinski definition) is 1. The summed E-state index contributed by atoms with van der Waals surface area (Å²) in [4.78, 5) is 9.00. The van der Waals surface area contributed by atoms with Gasteiger partial charge in [0.25, 0.3) is 5.97 Å². The lowest BCUT2D eigenvalue weighted by atomic mass is 10.1. The number of carbonyl (C=O) groups is 1. The summed E-state index contributed by atoms with van der Waals surface area (Å²) in [6.45, 7) is 5.32. The van der Waals surface area contributed by atoms with Crippen LogP contribution in [-0.2, 0) is 4.79 Å². The zero-order valence-corrected chi connectivity index (χ0v) is 9.16. The average molecular weight is 200 g/mol. The Hall–Kier alpha value is -0.960. The van der Waals surface area contributed by atoms with Gasteiger partial charge in [-0.25, -0.2) is 0 Å². The van der Waals surface area contributed by atoms with Crippen molar-refractivity contribution in [2.24, 2.45) is 0 Å². The highest BCUT2D eigenvalue weighted by Gasteiger charge is 1.83. The van der Waals surface area contributed by atoms with Crippen molar-refractivity contribution in [1.29, 1.82) is 0 Å². The lowest BCUT2D eigenvalue weighted by Gasteiger charge is -1.93. The summed E-state index contributed by atoms with van der Waals surface area (Å²) in [5.74, 6) is -0.833. The van der Waals surface area contributed by atoms with Crippen LogP contribution in [0.5, 0.6) is 0 Å². The maximum absolute atomic E-state index is 9.00. The van der Waals surface area contributed by atoms with Crippen molar-refractivity contribution in [3.05, 3.63) is 35.4 Å². The van der Waals surface area contributed by atoms with Crippen LogP contribution in [-0.4, -0.2) is 11.1 Å². The zero-order valence-electron chi connectivity index (χ0n) is 8.16. The molecule has 0 radical (unpaired) electrons. The van der Waals surface area contributed by atoms with Gasteiger partial charge in [0.05, 0.1) is 0 Å². The lowest BCUT2D eigenvalue weighted by Crippen LogP contribution is -1.78. The van der Waals surface area contributed by atoms with E-state index < -0.39 is 5.97 Å². The molecule has 0 amide bonds. The smallest absolute Gasteiger partial charge is 0.300 e. The van der Waals surface area contributed by atoms with Crippen LogP contribution in [0, 0.1) is 13.8 Å². The van der Waals surface area contributed by atoms with Gasteiger partial charge in [0.1, 0.15) is 0 Å². The summed E-state index contributed by atoms with van der Waals surface area (Å²) in [6.07, 6.45) is 0. The van der Waals surface area contributed by atoms with E-state index in [0.717, 1.165) is 6.92 Å². The maximum Gasteiger partial charge on any atom is 0.300 e. The van der Waals surface area contributed by atoms with Gasteiger partial charge in [-0.05, 0) is 25.0 Å². The minimum absolute atomic E-state index is 0. The summed E-state index contributed by atoms with van der Waals surface area (Å²) in [7, 11) is 0. The molecule has 1 rings (SSSR count). The Morgan fingerprint density at radius 3 is 1.54 bits per heavy atom. The molecule has 2 nitrogen and oxygen atoms in total. The van der Waals surface area contributed by atoms with Gasteiger partial charge in [0.2, 0.25) is 0 Å². The zero-order chi connectivity index (χ0) is 9.56. The summed E-state index contributed by atoms with van der Waals surface area (Å²) < 4.78 is 0. The first-order valence-electron chi connectivity index (χ1n) is 3.76. The molecule has 0 saturated heterocycles. The van der Waals surface area contributed by atoms with E-state index in [2.05, 4.69) is 38.1 Å². The van der Waals surface area contributed by atoms with Crippen LogP contribution < -0.4 is 0 Å². The Labute approximate surface area is 86.0 Å². The van der Waals surface area contributed by atoms with Gasteiger partial charge in [-0.2, -0.15) is 13.5 Å². The number of carboxylic acid groups (broad SMARTS) is 1. The Kier molecular flexibility index (Phi) is 8.60. The lowest BCUT2D eigenvalue weighted by molar-refractivity contribution is -0.134. The minimum Gasteiger partial charge on any atom is -0.481 e. The minimum atomic E-state index is -0.833. The number of carboxylic acids is 1. The standard InChI is InChI=1S/C8H10.C2H4O2.H2S/c1-7-5-3-4-6-8(7)2;1-2(3)4;/h3-6H,1-2H3;1H3,(H,3,4);1H2. The van der Waals surface area contributed by atoms with E-state index in [9.17, 15) is 0 Å². The topological polar surface area (TPSA) is 37.3 Å². The average Bonchev–Trinajstić information content (AvgIpc) is 1.94. The van der Waals surface area contributed by atoms with E-state index in [1.807, 2.05) is 0 Å². The molecule has 13 heavy (non-hydrogen) atoms. The van der Waals surface area contributed by atoms with Crippen LogP contribution >= 0.6 is 13.5 Å². The predicted octanol–water partition coefficient (Wildman–Crippen LogP) is 2.51. The van der Waals surface area contributed by atoms with Gasteiger partial charge in [-0.1, -0.05) is 24.3 Å². The quantitative estimate of drug-likeness (QED) is 0.698. The van der Waals surface area contributed by atoms with Crippen molar-refractivity contribution in [3.63, 3.8) is 0 Å². The molecule has 0 aliphatic carbocycles. The van der Waals surface area contributed by atoms with E-state index in [1.54, 1.807) is 0 Å². The van der Waals surface area contributed by atoms with Crippen molar-refractivity contribution in [2.45, 2.75) is 20.8 Å². The number of benzene rings is 1. The van der Waals surface area contributed by atoms with Crippen LogP contribution in [0.1, 0.15) is 18.1 Å². The van der Waals surface area contributed by atoms with Crippen LogP contribution in [0.3, 0.4) is 0 Å². The van der Waals surface area contributed by atoms with Crippen molar-refractivity contribution in [3.8, 4) is 0 Å². The first-order valence-corrected chi connectivity index (χ1v) is 3.76. The third kappa shape index (κ3) is 8.95. The summed E-state index contributed by atoms with van der Waals surface area (Å²) in [6, 6.07) is 8.36. The summed E-state index contributed by atoms with van der Waals surface area (Å²) in [5.41, 5.74) is 2.74. The first kappa shape index (κ1) is 14.6. The van der Waals surface area contributed by atoms with Crippen LogP contribution in [0.15, 0.2) is 24.3 Å². The number of aliphatic carboxylic acids is 1. The van der Waals surface area contributed by atoms with Crippen LogP contribution in [0.2, 0.25) is 0 Å². The molecule has 74 valence electrons. The van der Waals surface area contributed by atoms with Crippen molar-refractivity contribution < 1.29 is 9.90 Å². The van der Waals surface area contributed by atoms with Crippen LogP contribution in [0.4, 0.5) is 0 Å². The molecule has 1 aromatic rings. The van der Waals surface area contributed by atoms with E-state index in [1.165, 1.54) is 11.1 Å². The molecule has 0 unspecified atom stereocenters. The molecule has 1 aromatic carbocycles. The fraction of sp³-hybridized carbons (Fsp3) is 0.300. The SMILES string of the molecule is CC(=O)O.Cc1ccccc1C.S. The Morgan fingerprint density at radius 2 is 1.38 bits per heavy atom. The van der Waals surface area contributed by atoms with E-state index in [0.29, 0.717) is 0 Å². The molecule has 0 aromatic heterocycles. The van der Waals surface area contributed by atoms with Gasteiger partial charge in [-0.3, -0.25) is 4.79 Å².